The molecule has 4 rings (SSSR count). The van der Waals surface area contributed by atoms with Gasteiger partial charge in [-0.25, -0.2) is 27.8 Å². The standard InChI is InChI=1S/C25H27FN6O5S/c1-25(2,26)38(35,36)15-11-29-22(30-12-15)16-6-5-7-18(21(16)37-4)31-19-10-20(32-23(33)14-8-9-14)28-13-17(19)24(34)27-3/h5-7,10-14H,8-9H2,1-4H3,(H,27,34)(H2,28,31,32,33). The predicted octanol–water partition coefficient (Wildman–Crippen LogP) is 3.48. The molecule has 38 heavy (non-hydrogen) atoms. The van der Waals surface area contributed by atoms with Gasteiger partial charge in [0.2, 0.25) is 20.7 Å². The van der Waals surface area contributed by atoms with Gasteiger partial charge in [0.25, 0.3) is 5.91 Å². The molecular weight excluding hydrogens is 515 g/mol. The van der Waals surface area contributed by atoms with Crippen molar-refractivity contribution in [2.45, 2.75) is 36.6 Å². The number of hydrogen-bond acceptors (Lipinski definition) is 9. The quantitative estimate of drug-likeness (QED) is 0.369. The molecule has 2 aromatic heterocycles. The van der Waals surface area contributed by atoms with Crippen LogP contribution in [0.4, 0.5) is 21.6 Å². The maximum atomic E-state index is 14.2. The van der Waals surface area contributed by atoms with Crippen molar-refractivity contribution >= 4 is 38.8 Å². The fourth-order valence-electron chi connectivity index (χ4n) is 3.57. The fourth-order valence-corrected chi connectivity index (χ4v) is 4.51. The Morgan fingerprint density at radius 1 is 1.08 bits per heavy atom. The number of halogens is 1. The second-order valence-corrected chi connectivity index (χ2v) is 11.5. The van der Waals surface area contributed by atoms with Crippen LogP contribution in [-0.4, -0.2) is 54.3 Å². The Balaban J connectivity index is 1.70. The Kier molecular flexibility index (Phi) is 7.31. The molecule has 13 heteroatoms. The van der Waals surface area contributed by atoms with E-state index in [0.29, 0.717) is 22.7 Å². The van der Waals surface area contributed by atoms with E-state index in [0.717, 1.165) is 39.1 Å². The number of amides is 2. The highest BCUT2D eigenvalue weighted by atomic mass is 32.2. The van der Waals surface area contributed by atoms with Crippen molar-refractivity contribution in [1.82, 2.24) is 20.3 Å². The van der Waals surface area contributed by atoms with Crippen molar-refractivity contribution in [3.05, 3.63) is 48.4 Å². The third kappa shape index (κ3) is 5.42. The van der Waals surface area contributed by atoms with E-state index in [1.54, 1.807) is 24.3 Å². The van der Waals surface area contributed by atoms with E-state index < -0.39 is 20.7 Å². The van der Waals surface area contributed by atoms with Gasteiger partial charge >= 0.3 is 0 Å². The van der Waals surface area contributed by atoms with E-state index in [2.05, 4.69) is 30.9 Å². The minimum Gasteiger partial charge on any atom is -0.494 e. The number of rotatable bonds is 9. The van der Waals surface area contributed by atoms with Crippen LogP contribution in [0, 0.1) is 5.92 Å². The van der Waals surface area contributed by atoms with Gasteiger partial charge in [0.1, 0.15) is 10.7 Å². The Bertz CT molecular complexity index is 1490. The zero-order chi connectivity index (χ0) is 27.7. The number of hydrogen-bond donors (Lipinski definition) is 3. The number of anilines is 3. The van der Waals surface area contributed by atoms with E-state index in [1.807, 2.05) is 0 Å². The summed E-state index contributed by atoms with van der Waals surface area (Å²) in [6.45, 7) is 1.90. The molecule has 0 aliphatic heterocycles. The van der Waals surface area contributed by atoms with Crippen LogP contribution in [0.25, 0.3) is 11.4 Å². The number of carbonyl (C=O) groups excluding carboxylic acids is 2. The Hall–Kier alpha value is -4.13. The Morgan fingerprint density at radius 2 is 1.76 bits per heavy atom. The van der Waals surface area contributed by atoms with Crippen LogP contribution in [0.15, 0.2) is 47.8 Å². The summed E-state index contributed by atoms with van der Waals surface area (Å²) in [4.78, 5) is 36.8. The molecule has 3 N–H and O–H groups in total. The first kappa shape index (κ1) is 26.9. The SMILES string of the molecule is CNC(=O)c1cnc(NC(=O)C2CC2)cc1Nc1cccc(-c2ncc(S(=O)(=O)C(C)(C)F)cn2)c1OC. The summed E-state index contributed by atoms with van der Waals surface area (Å²) >= 11 is 0. The zero-order valence-electron chi connectivity index (χ0n) is 21.2. The number of alkyl halides is 1. The van der Waals surface area contributed by atoms with Gasteiger partial charge in [-0.05, 0) is 38.8 Å². The smallest absolute Gasteiger partial charge is 0.254 e. The molecule has 3 aromatic rings. The Morgan fingerprint density at radius 3 is 2.34 bits per heavy atom. The van der Waals surface area contributed by atoms with E-state index in [-0.39, 0.29) is 33.9 Å². The summed E-state index contributed by atoms with van der Waals surface area (Å²) in [5.74, 6) is 0.168. The number of ether oxygens (including phenoxy) is 1. The van der Waals surface area contributed by atoms with Crippen LogP contribution in [0.1, 0.15) is 37.0 Å². The molecule has 1 aliphatic carbocycles. The van der Waals surface area contributed by atoms with Crippen molar-refractivity contribution in [2.75, 3.05) is 24.8 Å². The lowest BCUT2D eigenvalue weighted by Gasteiger charge is -2.17. The number of nitrogens with zero attached hydrogens (tertiary/aromatic N) is 3. The molecule has 0 spiro atoms. The molecule has 1 saturated carbocycles. The highest BCUT2D eigenvalue weighted by molar-refractivity contribution is 7.92. The summed E-state index contributed by atoms with van der Waals surface area (Å²) in [6, 6.07) is 6.60. The molecule has 11 nitrogen and oxygen atoms in total. The predicted molar refractivity (Wildman–Crippen MR) is 139 cm³/mol. The largest absolute Gasteiger partial charge is 0.494 e. The number of pyridine rings is 1. The molecule has 1 fully saturated rings. The van der Waals surface area contributed by atoms with Gasteiger partial charge in [-0.1, -0.05) is 6.07 Å². The van der Waals surface area contributed by atoms with E-state index in [4.69, 9.17) is 4.74 Å². The number of aromatic nitrogens is 3. The van der Waals surface area contributed by atoms with Crippen molar-refractivity contribution in [3.8, 4) is 17.1 Å². The Labute approximate surface area is 219 Å². The first-order chi connectivity index (χ1) is 18.0. The molecule has 1 aromatic carbocycles. The topological polar surface area (TPSA) is 152 Å². The van der Waals surface area contributed by atoms with Crippen LogP contribution >= 0.6 is 0 Å². The van der Waals surface area contributed by atoms with Crippen molar-refractivity contribution < 1.29 is 27.1 Å². The molecule has 1 aliphatic rings. The summed E-state index contributed by atoms with van der Waals surface area (Å²) in [6.07, 6.45) is 5.10. The van der Waals surface area contributed by atoms with Gasteiger partial charge in [0, 0.05) is 37.6 Å². The molecule has 0 bridgehead atoms. The lowest BCUT2D eigenvalue weighted by atomic mass is 10.1. The molecule has 200 valence electrons. The number of para-hydroxylation sites is 1. The second kappa shape index (κ2) is 10.3. The van der Waals surface area contributed by atoms with E-state index >= 15 is 0 Å². The lowest BCUT2D eigenvalue weighted by Crippen LogP contribution is -2.26. The molecule has 0 saturated heterocycles. The van der Waals surface area contributed by atoms with Gasteiger partial charge in [0.05, 0.1) is 29.6 Å². The molecule has 2 heterocycles. The second-order valence-electron chi connectivity index (χ2n) is 9.08. The summed E-state index contributed by atoms with van der Waals surface area (Å²) in [7, 11) is -1.36. The number of carbonyl (C=O) groups is 2. The summed E-state index contributed by atoms with van der Waals surface area (Å²) < 4.78 is 44.5. The van der Waals surface area contributed by atoms with Crippen LogP contribution in [0.5, 0.6) is 5.75 Å². The zero-order valence-corrected chi connectivity index (χ0v) is 22.0. The first-order valence-corrected chi connectivity index (χ1v) is 13.2. The average Bonchev–Trinajstić information content (AvgIpc) is 3.73. The first-order valence-electron chi connectivity index (χ1n) is 11.7. The van der Waals surface area contributed by atoms with E-state index in [1.165, 1.54) is 20.4 Å². The maximum Gasteiger partial charge on any atom is 0.254 e. The third-order valence-corrected chi connectivity index (χ3v) is 7.99. The molecule has 0 atom stereocenters. The fraction of sp³-hybridized carbons (Fsp3) is 0.320. The van der Waals surface area contributed by atoms with Crippen LogP contribution < -0.4 is 20.7 Å². The maximum absolute atomic E-state index is 14.2. The third-order valence-electron chi connectivity index (χ3n) is 5.88. The molecule has 0 unspecified atom stereocenters. The summed E-state index contributed by atoms with van der Waals surface area (Å²) in [5, 5.41) is 5.97. The summed E-state index contributed by atoms with van der Waals surface area (Å²) in [5.41, 5.74) is 1.43. The van der Waals surface area contributed by atoms with Gasteiger partial charge in [-0.3, -0.25) is 9.59 Å². The highest BCUT2D eigenvalue weighted by Gasteiger charge is 2.36. The highest BCUT2D eigenvalue weighted by Crippen LogP contribution is 2.38. The number of nitrogens with one attached hydrogen (secondary N) is 3. The van der Waals surface area contributed by atoms with Crippen molar-refractivity contribution in [3.63, 3.8) is 0 Å². The van der Waals surface area contributed by atoms with Gasteiger partial charge < -0.3 is 20.7 Å². The number of benzene rings is 1. The minimum absolute atomic E-state index is 0.0269. The minimum atomic E-state index is -4.28. The average molecular weight is 543 g/mol. The van der Waals surface area contributed by atoms with Crippen molar-refractivity contribution in [1.29, 1.82) is 0 Å². The molecular formula is C25H27FN6O5S. The molecule has 2 amide bonds. The van der Waals surface area contributed by atoms with Gasteiger partial charge in [0.15, 0.2) is 11.6 Å². The van der Waals surface area contributed by atoms with Crippen LogP contribution in [-0.2, 0) is 14.6 Å². The van der Waals surface area contributed by atoms with Gasteiger partial charge in [-0.15, -0.1) is 0 Å². The monoisotopic (exact) mass is 542 g/mol. The van der Waals surface area contributed by atoms with E-state index in [9.17, 15) is 22.4 Å². The lowest BCUT2D eigenvalue weighted by molar-refractivity contribution is -0.117. The normalized spacial score (nSPS) is 13.5. The van der Waals surface area contributed by atoms with Crippen molar-refractivity contribution in [2.24, 2.45) is 5.92 Å². The number of sulfone groups is 1. The molecule has 0 radical (unpaired) electrons. The van der Waals surface area contributed by atoms with Gasteiger partial charge in [-0.2, -0.15) is 0 Å². The van der Waals surface area contributed by atoms with Crippen LogP contribution in [0.3, 0.4) is 0 Å². The van der Waals surface area contributed by atoms with Crippen LogP contribution in [0.2, 0.25) is 0 Å². The number of methoxy groups -OCH3 is 1.